The summed E-state index contributed by atoms with van der Waals surface area (Å²) in [5.74, 6) is 0.388. The first-order chi connectivity index (χ1) is 12.0. The summed E-state index contributed by atoms with van der Waals surface area (Å²) in [5.41, 5.74) is 0.528. The molecule has 0 unspecified atom stereocenters. The molecule has 1 amide bonds. The first kappa shape index (κ1) is 17.6. The van der Waals surface area contributed by atoms with E-state index in [1.54, 1.807) is 35.3 Å². The lowest BCUT2D eigenvalue weighted by Crippen LogP contribution is -2.44. The monoisotopic (exact) mass is 363 g/mol. The van der Waals surface area contributed by atoms with Crippen LogP contribution in [-0.2, 0) is 14.8 Å². The SMILES string of the molecule is CCCS(=O)(=O)N1CCC[C@H]1C(=O)Nc1ccc(-n2cccn2)nc1. The predicted molar refractivity (Wildman–Crippen MR) is 93.8 cm³/mol. The third-order valence-corrected chi connectivity index (χ3v) is 6.16. The van der Waals surface area contributed by atoms with Gasteiger partial charge >= 0.3 is 0 Å². The molecule has 2 aromatic rings. The van der Waals surface area contributed by atoms with E-state index in [1.807, 2.05) is 6.92 Å². The van der Waals surface area contributed by atoms with Gasteiger partial charge in [0.05, 0.1) is 17.6 Å². The highest BCUT2D eigenvalue weighted by molar-refractivity contribution is 7.89. The molecule has 8 nitrogen and oxygen atoms in total. The number of amides is 1. The van der Waals surface area contributed by atoms with E-state index in [9.17, 15) is 13.2 Å². The van der Waals surface area contributed by atoms with Crippen LogP contribution in [0.2, 0.25) is 0 Å². The van der Waals surface area contributed by atoms with E-state index in [4.69, 9.17) is 0 Å². The van der Waals surface area contributed by atoms with E-state index < -0.39 is 16.1 Å². The summed E-state index contributed by atoms with van der Waals surface area (Å²) in [6, 6.07) is 4.61. The number of hydrogen-bond donors (Lipinski definition) is 1. The molecule has 2 aromatic heterocycles. The maximum atomic E-state index is 12.5. The minimum absolute atomic E-state index is 0.0664. The summed E-state index contributed by atoms with van der Waals surface area (Å²) >= 11 is 0. The van der Waals surface area contributed by atoms with Crippen molar-refractivity contribution in [3.8, 4) is 5.82 Å². The second-order valence-corrected chi connectivity index (χ2v) is 7.97. The molecule has 1 N–H and O–H groups in total. The molecule has 1 atom stereocenters. The van der Waals surface area contributed by atoms with Crippen LogP contribution in [0.15, 0.2) is 36.8 Å². The van der Waals surface area contributed by atoms with Crippen molar-refractivity contribution in [2.75, 3.05) is 17.6 Å². The standard InChI is InChI=1S/C16H21N5O3S/c1-2-11-25(23,24)21-10-3-5-14(21)16(22)19-13-6-7-15(17-12-13)20-9-4-8-18-20/h4,6-9,12,14H,2-3,5,10-11H2,1H3,(H,19,22)/t14-/m0/s1. The van der Waals surface area contributed by atoms with Crippen LogP contribution in [0.25, 0.3) is 5.82 Å². The van der Waals surface area contributed by atoms with Gasteiger partial charge in [-0.15, -0.1) is 0 Å². The van der Waals surface area contributed by atoms with Gasteiger partial charge in [-0.2, -0.15) is 9.40 Å². The van der Waals surface area contributed by atoms with E-state index in [2.05, 4.69) is 15.4 Å². The number of sulfonamides is 1. The Kier molecular flexibility index (Phi) is 5.14. The molecule has 0 radical (unpaired) electrons. The van der Waals surface area contributed by atoms with Gasteiger partial charge < -0.3 is 5.32 Å². The number of aromatic nitrogens is 3. The number of carbonyl (C=O) groups is 1. The molecule has 25 heavy (non-hydrogen) atoms. The largest absolute Gasteiger partial charge is 0.323 e. The molecule has 0 spiro atoms. The van der Waals surface area contributed by atoms with Crippen molar-refractivity contribution in [2.24, 2.45) is 0 Å². The summed E-state index contributed by atoms with van der Waals surface area (Å²) < 4.78 is 27.5. The molecule has 1 saturated heterocycles. The number of nitrogens with zero attached hydrogens (tertiary/aromatic N) is 4. The second kappa shape index (κ2) is 7.32. The number of rotatable bonds is 6. The molecule has 134 valence electrons. The second-order valence-electron chi connectivity index (χ2n) is 5.93. The Balaban J connectivity index is 1.69. The highest BCUT2D eigenvalue weighted by Gasteiger charge is 2.38. The normalized spacial score (nSPS) is 18.4. The Morgan fingerprint density at radius 1 is 1.40 bits per heavy atom. The molecular formula is C16H21N5O3S. The molecule has 3 rings (SSSR count). The lowest BCUT2D eigenvalue weighted by atomic mass is 10.2. The molecule has 0 bridgehead atoms. The summed E-state index contributed by atoms with van der Waals surface area (Å²) in [5, 5.41) is 6.85. The summed E-state index contributed by atoms with van der Waals surface area (Å²) in [6.07, 6.45) is 6.73. The average molecular weight is 363 g/mol. The Morgan fingerprint density at radius 3 is 2.88 bits per heavy atom. The Labute approximate surface area is 146 Å². The van der Waals surface area contributed by atoms with Crippen LogP contribution in [-0.4, -0.2) is 51.7 Å². The molecule has 0 aliphatic carbocycles. The Hall–Kier alpha value is -2.26. The van der Waals surface area contributed by atoms with Gasteiger partial charge in [-0.3, -0.25) is 4.79 Å². The number of anilines is 1. The van der Waals surface area contributed by atoms with Crippen LogP contribution in [0.5, 0.6) is 0 Å². The highest BCUT2D eigenvalue weighted by atomic mass is 32.2. The molecule has 0 aromatic carbocycles. The zero-order valence-electron chi connectivity index (χ0n) is 14.0. The van der Waals surface area contributed by atoms with Gasteiger partial charge in [0.15, 0.2) is 5.82 Å². The maximum absolute atomic E-state index is 12.5. The molecule has 9 heteroatoms. The van der Waals surface area contributed by atoms with Crippen molar-refractivity contribution in [2.45, 2.75) is 32.2 Å². The molecule has 1 aliphatic rings. The van der Waals surface area contributed by atoms with E-state index in [0.29, 0.717) is 37.3 Å². The fourth-order valence-corrected chi connectivity index (χ4v) is 4.68. The van der Waals surface area contributed by atoms with Crippen LogP contribution in [0.4, 0.5) is 5.69 Å². The summed E-state index contributed by atoms with van der Waals surface area (Å²) in [4.78, 5) is 16.8. The average Bonchev–Trinajstić information content (AvgIpc) is 3.27. The van der Waals surface area contributed by atoms with Gasteiger partial charge in [0.25, 0.3) is 0 Å². The highest BCUT2D eigenvalue weighted by Crippen LogP contribution is 2.23. The minimum atomic E-state index is -3.39. The van der Waals surface area contributed by atoms with Gasteiger partial charge in [0.1, 0.15) is 6.04 Å². The van der Waals surface area contributed by atoms with Crippen LogP contribution < -0.4 is 5.32 Å². The van der Waals surface area contributed by atoms with Crippen molar-refractivity contribution < 1.29 is 13.2 Å². The zero-order valence-corrected chi connectivity index (χ0v) is 14.8. The van der Waals surface area contributed by atoms with Gasteiger partial charge in [0, 0.05) is 18.9 Å². The Bertz CT molecular complexity index is 818. The third kappa shape index (κ3) is 3.88. The van der Waals surface area contributed by atoms with Gasteiger partial charge in [-0.05, 0) is 37.5 Å². The lowest BCUT2D eigenvalue weighted by molar-refractivity contribution is -0.119. The minimum Gasteiger partial charge on any atom is -0.323 e. The van der Waals surface area contributed by atoms with Crippen LogP contribution in [0.1, 0.15) is 26.2 Å². The predicted octanol–water partition coefficient (Wildman–Crippen LogP) is 1.41. The first-order valence-electron chi connectivity index (χ1n) is 8.27. The molecular weight excluding hydrogens is 342 g/mol. The maximum Gasteiger partial charge on any atom is 0.242 e. The van der Waals surface area contributed by atoms with E-state index in [0.717, 1.165) is 0 Å². The van der Waals surface area contributed by atoms with Crippen LogP contribution in [0, 0.1) is 0 Å². The number of hydrogen-bond acceptors (Lipinski definition) is 5. The summed E-state index contributed by atoms with van der Waals surface area (Å²) in [7, 11) is -3.39. The molecule has 1 aliphatic heterocycles. The summed E-state index contributed by atoms with van der Waals surface area (Å²) in [6.45, 7) is 2.21. The van der Waals surface area contributed by atoms with Crippen LogP contribution in [0.3, 0.4) is 0 Å². The zero-order chi connectivity index (χ0) is 17.9. The van der Waals surface area contributed by atoms with Crippen molar-refractivity contribution in [1.29, 1.82) is 0 Å². The molecule has 1 fully saturated rings. The quantitative estimate of drug-likeness (QED) is 0.837. The Morgan fingerprint density at radius 2 is 2.24 bits per heavy atom. The number of nitrogens with one attached hydrogen (secondary N) is 1. The van der Waals surface area contributed by atoms with Gasteiger partial charge in [0.2, 0.25) is 15.9 Å². The first-order valence-corrected chi connectivity index (χ1v) is 9.88. The fourth-order valence-electron chi connectivity index (χ4n) is 2.94. The van der Waals surface area contributed by atoms with Crippen molar-refractivity contribution >= 4 is 21.6 Å². The van der Waals surface area contributed by atoms with Crippen molar-refractivity contribution in [1.82, 2.24) is 19.1 Å². The van der Waals surface area contributed by atoms with Gasteiger partial charge in [-0.25, -0.2) is 18.1 Å². The van der Waals surface area contributed by atoms with Crippen molar-refractivity contribution in [3.63, 3.8) is 0 Å². The smallest absolute Gasteiger partial charge is 0.242 e. The number of pyridine rings is 1. The lowest BCUT2D eigenvalue weighted by Gasteiger charge is -2.23. The fraction of sp³-hybridized carbons (Fsp3) is 0.438. The third-order valence-electron chi connectivity index (χ3n) is 4.08. The van der Waals surface area contributed by atoms with Crippen LogP contribution >= 0.6 is 0 Å². The van der Waals surface area contributed by atoms with Gasteiger partial charge in [-0.1, -0.05) is 6.92 Å². The van der Waals surface area contributed by atoms with E-state index in [-0.39, 0.29) is 11.7 Å². The molecule has 0 saturated carbocycles. The van der Waals surface area contributed by atoms with E-state index in [1.165, 1.54) is 10.5 Å². The molecule has 3 heterocycles. The van der Waals surface area contributed by atoms with E-state index >= 15 is 0 Å². The number of carbonyl (C=O) groups excluding carboxylic acids is 1. The van der Waals surface area contributed by atoms with Crippen molar-refractivity contribution in [3.05, 3.63) is 36.8 Å². The topological polar surface area (TPSA) is 97.2 Å².